The first kappa shape index (κ1) is 21.2. The van der Waals surface area contributed by atoms with Crippen molar-refractivity contribution in [3.05, 3.63) is 84.2 Å². The Hall–Kier alpha value is -4.07. The molecule has 1 aliphatic rings. The molecule has 4 rings (SSSR count). The lowest BCUT2D eigenvalue weighted by atomic mass is 10.1. The summed E-state index contributed by atoms with van der Waals surface area (Å²) in [6.45, 7) is 1.67. The minimum atomic E-state index is -0.437. The third-order valence-corrected chi connectivity index (χ3v) is 5.31. The molecular weight excluding hydrogens is 406 g/mol. The number of anilines is 3. The van der Waals surface area contributed by atoms with E-state index in [9.17, 15) is 9.59 Å². The fraction of sp³-hybridized carbons (Fsp3) is 0.208. The number of alkyl carbamates (subject to hydrolysis) is 1. The maximum atomic E-state index is 12.5. The molecule has 0 bridgehead atoms. The molecule has 8 nitrogen and oxygen atoms in total. The average Bonchev–Trinajstić information content (AvgIpc) is 3.28. The van der Waals surface area contributed by atoms with Crippen LogP contribution < -0.4 is 21.3 Å². The number of carbonyl (C=O) groups excluding carboxylic acids is 2. The summed E-state index contributed by atoms with van der Waals surface area (Å²) in [6.07, 6.45) is 3.73. The molecule has 2 amide bonds. The van der Waals surface area contributed by atoms with Crippen molar-refractivity contribution in [2.24, 2.45) is 0 Å². The highest BCUT2D eigenvalue weighted by Gasteiger charge is 2.24. The molecule has 1 aliphatic heterocycles. The van der Waals surface area contributed by atoms with Crippen LogP contribution in [0.3, 0.4) is 0 Å². The van der Waals surface area contributed by atoms with Gasteiger partial charge in [0.05, 0.1) is 17.4 Å². The van der Waals surface area contributed by atoms with Crippen LogP contribution in [0.25, 0.3) is 0 Å². The van der Waals surface area contributed by atoms with Gasteiger partial charge < -0.3 is 26.0 Å². The highest BCUT2D eigenvalue weighted by Crippen LogP contribution is 2.22. The first-order chi connectivity index (χ1) is 15.6. The summed E-state index contributed by atoms with van der Waals surface area (Å²) in [5, 5.41) is 5.74. The van der Waals surface area contributed by atoms with Crippen molar-refractivity contribution in [2.75, 3.05) is 29.0 Å². The van der Waals surface area contributed by atoms with Gasteiger partial charge in [-0.3, -0.25) is 9.78 Å². The van der Waals surface area contributed by atoms with Gasteiger partial charge in [0.25, 0.3) is 5.91 Å². The standard InChI is InChI=1S/C24H25N5O3/c25-21-5-1-2-6-22(21)28-23(30)18-7-9-20(10-8-18)29-13-11-19(15-29)27-24(31)32-16-17-4-3-12-26-14-17/h1-10,12,14,19H,11,13,15-16,25H2,(H,27,31)(H,28,30)/t19-/m0/s1. The molecule has 0 aliphatic carbocycles. The van der Waals surface area contributed by atoms with Gasteiger partial charge in [-0.05, 0) is 48.9 Å². The van der Waals surface area contributed by atoms with Gasteiger partial charge in [0.15, 0.2) is 0 Å². The summed E-state index contributed by atoms with van der Waals surface area (Å²) in [4.78, 5) is 30.7. The summed E-state index contributed by atoms with van der Waals surface area (Å²) >= 11 is 0. The van der Waals surface area contributed by atoms with Crippen molar-refractivity contribution in [2.45, 2.75) is 19.1 Å². The SMILES string of the molecule is Nc1ccccc1NC(=O)c1ccc(N2CC[C@H](NC(=O)OCc3cccnc3)C2)cc1. The first-order valence-corrected chi connectivity index (χ1v) is 10.4. The van der Waals surface area contributed by atoms with Crippen LogP contribution in [0.4, 0.5) is 21.9 Å². The van der Waals surface area contributed by atoms with Crippen LogP contribution in [-0.2, 0) is 11.3 Å². The minimum Gasteiger partial charge on any atom is -0.445 e. The lowest BCUT2D eigenvalue weighted by molar-refractivity contribution is 0.102. The van der Waals surface area contributed by atoms with E-state index in [1.165, 1.54) is 0 Å². The maximum Gasteiger partial charge on any atom is 0.407 e. The molecule has 0 spiro atoms. The van der Waals surface area contributed by atoms with Crippen molar-refractivity contribution >= 4 is 29.1 Å². The van der Waals surface area contributed by atoms with Crippen LogP contribution in [0.5, 0.6) is 0 Å². The Morgan fingerprint density at radius 3 is 2.66 bits per heavy atom. The number of amides is 2. The molecule has 2 heterocycles. The smallest absolute Gasteiger partial charge is 0.407 e. The molecule has 1 saturated heterocycles. The number of hydrogen-bond acceptors (Lipinski definition) is 6. The number of nitrogens with one attached hydrogen (secondary N) is 2. The first-order valence-electron chi connectivity index (χ1n) is 10.4. The predicted molar refractivity (Wildman–Crippen MR) is 123 cm³/mol. The number of carbonyl (C=O) groups is 2. The summed E-state index contributed by atoms with van der Waals surface area (Å²) < 4.78 is 5.27. The number of hydrogen-bond donors (Lipinski definition) is 3. The van der Waals surface area contributed by atoms with Crippen LogP contribution >= 0.6 is 0 Å². The van der Waals surface area contributed by atoms with E-state index in [2.05, 4.69) is 20.5 Å². The third kappa shape index (κ3) is 5.34. The summed E-state index contributed by atoms with van der Waals surface area (Å²) in [6, 6.07) is 18.2. The van der Waals surface area contributed by atoms with E-state index in [1.54, 1.807) is 42.7 Å². The summed E-state index contributed by atoms with van der Waals surface area (Å²) in [7, 11) is 0. The number of rotatable bonds is 6. The van der Waals surface area contributed by atoms with Crippen molar-refractivity contribution in [1.82, 2.24) is 10.3 Å². The maximum absolute atomic E-state index is 12.5. The molecule has 4 N–H and O–H groups in total. The summed E-state index contributed by atoms with van der Waals surface area (Å²) in [5.74, 6) is -0.216. The number of aromatic nitrogens is 1. The molecule has 32 heavy (non-hydrogen) atoms. The van der Waals surface area contributed by atoms with Crippen LogP contribution in [0, 0.1) is 0 Å². The Balaban J connectivity index is 1.27. The quantitative estimate of drug-likeness (QED) is 0.516. The fourth-order valence-electron chi connectivity index (χ4n) is 3.58. The van der Waals surface area contributed by atoms with Crippen molar-refractivity contribution in [1.29, 1.82) is 0 Å². The Labute approximate surface area is 186 Å². The number of pyridine rings is 1. The number of benzene rings is 2. The van der Waals surface area contributed by atoms with Gasteiger partial charge in [0.1, 0.15) is 6.61 Å². The Morgan fingerprint density at radius 1 is 1.09 bits per heavy atom. The minimum absolute atomic E-state index is 0.000398. The number of para-hydroxylation sites is 2. The predicted octanol–water partition coefficient (Wildman–Crippen LogP) is 3.42. The lowest BCUT2D eigenvalue weighted by Gasteiger charge is -2.19. The third-order valence-electron chi connectivity index (χ3n) is 5.31. The second-order valence-electron chi connectivity index (χ2n) is 7.60. The molecule has 1 atom stereocenters. The van der Waals surface area contributed by atoms with Gasteiger partial charge >= 0.3 is 6.09 Å². The highest BCUT2D eigenvalue weighted by atomic mass is 16.5. The van der Waals surface area contributed by atoms with Crippen molar-refractivity contribution < 1.29 is 14.3 Å². The highest BCUT2D eigenvalue weighted by molar-refractivity contribution is 6.05. The monoisotopic (exact) mass is 431 g/mol. The van der Waals surface area contributed by atoms with Crippen LogP contribution in [-0.4, -0.2) is 36.1 Å². The van der Waals surface area contributed by atoms with Gasteiger partial charge in [0, 0.05) is 42.3 Å². The normalized spacial score (nSPS) is 15.2. The zero-order valence-electron chi connectivity index (χ0n) is 17.5. The van der Waals surface area contributed by atoms with Gasteiger partial charge in [-0.25, -0.2) is 4.79 Å². The molecule has 3 aromatic rings. The van der Waals surface area contributed by atoms with E-state index in [1.807, 2.05) is 30.3 Å². The Bertz CT molecular complexity index is 1070. The Morgan fingerprint density at radius 2 is 1.91 bits per heavy atom. The number of nitrogen functional groups attached to an aromatic ring is 1. The average molecular weight is 431 g/mol. The molecule has 2 aromatic carbocycles. The molecule has 1 aromatic heterocycles. The van der Waals surface area contributed by atoms with E-state index < -0.39 is 6.09 Å². The largest absolute Gasteiger partial charge is 0.445 e. The van der Waals surface area contributed by atoms with Gasteiger partial charge in [-0.1, -0.05) is 18.2 Å². The van der Waals surface area contributed by atoms with Crippen LogP contribution in [0.1, 0.15) is 22.3 Å². The van der Waals surface area contributed by atoms with E-state index in [4.69, 9.17) is 10.5 Å². The Kier molecular flexibility index (Phi) is 6.50. The van der Waals surface area contributed by atoms with E-state index >= 15 is 0 Å². The van der Waals surface area contributed by atoms with E-state index in [0.717, 1.165) is 24.2 Å². The van der Waals surface area contributed by atoms with Gasteiger partial charge in [-0.15, -0.1) is 0 Å². The molecule has 0 saturated carbocycles. The molecule has 8 heteroatoms. The lowest BCUT2D eigenvalue weighted by Crippen LogP contribution is -2.37. The second-order valence-corrected chi connectivity index (χ2v) is 7.60. The van der Waals surface area contributed by atoms with Gasteiger partial charge in [0.2, 0.25) is 0 Å². The topological polar surface area (TPSA) is 110 Å². The second kappa shape index (κ2) is 9.82. The van der Waals surface area contributed by atoms with E-state index in [0.29, 0.717) is 23.5 Å². The zero-order chi connectivity index (χ0) is 22.3. The number of nitrogens with zero attached hydrogens (tertiary/aromatic N) is 2. The molecule has 164 valence electrons. The summed E-state index contributed by atoms with van der Waals surface area (Å²) in [5.41, 5.74) is 9.38. The van der Waals surface area contributed by atoms with Crippen LogP contribution in [0.15, 0.2) is 73.1 Å². The molecule has 1 fully saturated rings. The van der Waals surface area contributed by atoms with Gasteiger partial charge in [-0.2, -0.15) is 0 Å². The zero-order valence-corrected chi connectivity index (χ0v) is 17.5. The number of ether oxygens (including phenoxy) is 1. The molecule has 0 unspecified atom stereocenters. The number of nitrogens with two attached hydrogens (primary N) is 1. The molecule has 0 radical (unpaired) electrons. The van der Waals surface area contributed by atoms with Crippen molar-refractivity contribution in [3.8, 4) is 0 Å². The van der Waals surface area contributed by atoms with E-state index in [-0.39, 0.29) is 18.6 Å². The van der Waals surface area contributed by atoms with Crippen molar-refractivity contribution in [3.63, 3.8) is 0 Å². The molecular formula is C24H25N5O3. The van der Waals surface area contributed by atoms with Crippen LogP contribution in [0.2, 0.25) is 0 Å². The fourth-order valence-corrected chi connectivity index (χ4v) is 3.58.